The Kier molecular flexibility index (Phi) is 0.224. The molecule has 0 aromatic carbocycles. The van der Waals surface area contributed by atoms with E-state index < -0.39 is 0 Å². The van der Waals surface area contributed by atoms with E-state index in [1.807, 2.05) is 0 Å². The van der Waals surface area contributed by atoms with Crippen LogP contribution in [0.5, 0.6) is 0 Å². The minimum Gasteiger partial charge on any atom is -0.369 e. The summed E-state index contributed by atoms with van der Waals surface area (Å²) in [6, 6.07) is 0. The van der Waals surface area contributed by atoms with Crippen LogP contribution >= 0.6 is 0 Å². The fraction of sp³-hybridized carbons (Fsp3) is 1.00. The highest BCUT2D eigenvalue weighted by atomic mass is 16.6. The highest BCUT2D eigenvalue weighted by molar-refractivity contribution is 5.30. The van der Waals surface area contributed by atoms with E-state index in [0.717, 1.165) is 12.0 Å². The highest BCUT2D eigenvalue weighted by Crippen LogP contribution is 2.79. The van der Waals surface area contributed by atoms with Crippen LogP contribution in [0, 0.1) is 5.41 Å². The molecule has 2 spiro atoms. The maximum Gasteiger partial charge on any atom is 0.0979 e. The second-order valence-corrected chi connectivity index (χ2v) is 3.24. The van der Waals surface area contributed by atoms with E-state index in [0.29, 0.717) is 5.60 Å². The van der Waals surface area contributed by atoms with Crippen molar-refractivity contribution < 1.29 is 4.74 Å². The van der Waals surface area contributed by atoms with Gasteiger partial charge in [-0.2, -0.15) is 0 Å². The summed E-state index contributed by atoms with van der Waals surface area (Å²) in [4.78, 5) is 0. The Morgan fingerprint density at radius 2 is 2.00 bits per heavy atom. The average Bonchev–Trinajstić information content (AvgIpc) is 2.38. The van der Waals surface area contributed by atoms with Crippen molar-refractivity contribution in [3.8, 4) is 0 Å². The van der Waals surface area contributed by atoms with Gasteiger partial charge in [-0.15, -0.1) is 0 Å². The normalized spacial score (nSPS) is 58.3. The molecule has 2 aliphatic carbocycles. The summed E-state index contributed by atoms with van der Waals surface area (Å²) < 4.78 is 5.28. The molecule has 0 N–H and O–H groups in total. The van der Waals surface area contributed by atoms with Gasteiger partial charge in [0.05, 0.1) is 12.2 Å². The Labute approximate surface area is 42.7 Å². The molecule has 3 rings (SSSR count). The number of rotatable bonds is 0. The number of ether oxygens (including phenoxy) is 1. The molecular weight excluding hydrogens is 88.1 g/mol. The van der Waals surface area contributed by atoms with E-state index in [1.165, 1.54) is 19.3 Å². The summed E-state index contributed by atoms with van der Waals surface area (Å²) in [5.74, 6) is 0. The van der Waals surface area contributed by atoms with Crippen LogP contribution in [0.3, 0.4) is 0 Å². The van der Waals surface area contributed by atoms with E-state index in [-0.39, 0.29) is 0 Å². The SMILES string of the molecule is C1CC12CC21CO1. The van der Waals surface area contributed by atoms with E-state index in [1.54, 1.807) is 0 Å². The van der Waals surface area contributed by atoms with Crippen molar-refractivity contribution in [2.24, 2.45) is 5.41 Å². The van der Waals surface area contributed by atoms with E-state index in [9.17, 15) is 0 Å². The molecule has 3 aliphatic rings. The summed E-state index contributed by atoms with van der Waals surface area (Å²) in [5, 5.41) is 0. The molecule has 0 amide bonds. The van der Waals surface area contributed by atoms with Gasteiger partial charge in [0.2, 0.25) is 0 Å². The molecule has 0 aromatic heterocycles. The van der Waals surface area contributed by atoms with Crippen molar-refractivity contribution in [3.63, 3.8) is 0 Å². The van der Waals surface area contributed by atoms with Crippen LogP contribution in [0.2, 0.25) is 0 Å². The first-order valence-corrected chi connectivity index (χ1v) is 3.01. The Balaban J connectivity index is 2.08. The molecule has 1 heterocycles. The molecular formula is C6H8O. The van der Waals surface area contributed by atoms with E-state index in [4.69, 9.17) is 4.74 Å². The fourth-order valence-corrected chi connectivity index (χ4v) is 1.78. The van der Waals surface area contributed by atoms with Crippen molar-refractivity contribution in [1.82, 2.24) is 0 Å². The van der Waals surface area contributed by atoms with Gasteiger partial charge in [0, 0.05) is 5.41 Å². The minimum absolute atomic E-state index is 0.507. The van der Waals surface area contributed by atoms with Crippen LogP contribution in [-0.2, 0) is 4.74 Å². The van der Waals surface area contributed by atoms with Crippen LogP contribution in [0.25, 0.3) is 0 Å². The third kappa shape index (κ3) is 0.177. The summed E-state index contributed by atoms with van der Waals surface area (Å²) >= 11 is 0. The average molecular weight is 96.1 g/mol. The Morgan fingerprint density at radius 1 is 1.29 bits per heavy atom. The largest absolute Gasteiger partial charge is 0.369 e. The third-order valence-corrected chi connectivity index (χ3v) is 2.81. The lowest BCUT2D eigenvalue weighted by Crippen LogP contribution is -1.83. The molecule has 0 bridgehead atoms. The standard InChI is InChI=1S/C6H8O/c1-2-5(1)3-6(5)4-7-6/h1-4H2. The maximum atomic E-state index is 5.28. The van der Waals surface area contributed by atoms with Crippen LogP contribution in [0.1, 0.15) is 19.3 Å². The zero-order valence-electron chi connectivity index (χ0n) is 4.24. The summed E-state index contributed by atoms with van der Waals surface area (Å²) in [6.45, 7) is 1.09. The second kappa shape index (κ2) is 0.510. The van der Waals surface area contributed by atoms with Crippen LogP contribution in [0.4, 0.5) is 0 Å². The van der Waals surface area contributed by atoms with Gasteiger partial charge < -0.3 is 4.74 Å². The van der Waals surface area contributed by atoms with Gasteiger partial charge in [0.25, 0.3) is 0 Å². The first-order valence-electron chi connectivity index (χ1n) is 3.01. The predicted molar refractivity (Wildman–Crippen MR) is 25.0 cm³/mol. The van der Waals surface area contributed by atoms with Crippen molar-refractivity contribution >= 4 is 0 Å². The molecule has 1 aliphatic heterocycles. The number of fused-ring (bicyclic) bond motifs is 1. The predicted octanol–water partition coefficient (Wildman–Crippen LogP) is 0.939. The molecule has 0 radical (unpaired) electrons. The quantitative estimate of drug-likeness (QED) is 0.409. The number of epoxide rings is 1. The molecule has 0 aromatic rings. The molecule has 38 valence electrons. The van der Waals surface area contributed by atoms with Crippen molar-refractivity contribution in [3.05, 3.63) is 0 Å². The number of hydrogen-bond donors (Lipinski definition) is 0. The lowest BCUT2D eigenvalue weighted by molar-refractivity contribution is 0.377. The highest BCUT2D eigenvalue weighted by Gasteiger charge is 2.81. The Hall–Kier alpha value is -0.0400. The third-order valence-electron chi connectivity index (χ3n) is 2.81. The zero-order valence-corrected chi connectivity index (χ0v) is 4.24. The van der Waals surface area contributed by atoms with Crippen molar-refractivity contribution in [2.45, 2.75) is 24.9 Å². The summed E-state index contributed by atoms with van der Waals surface area (Å²) in [6.07, 6.45) is 4.33. The molecule has 1 unspecified atom stereocenters. The van der Waals surface area contributed by atoms with Crippen LogP contribution < -0.4 is 0 Å². The Morgan fingerprint density at radius 3 is 2.14 bits per heavy atom. The van der Waals surface area contributed by atoms with Crippen LogP contribution in [-0.4, -0.2) is 12.2 Å². The van der Waals surface area contributed by atoms with Gasteiger partial charge in [-0.05, 0) is 19.3 Å². The smallest absolute Gasteiger partial charge is 0.0979 e. The van der Waals surface area contributed by atoms with E-state index in [2.05, 4.69) is 0 Å². The van der Waals surface area contributed by atoms with Gasteiger partial charge in [-0.25, -0.2) is 0 Å². The minimum atomic E-state index is 0.507. The lowest BCUT2D eigenvalue weighted by Gasteiger charge is -1.72. The maximum absolute atomic E-state index is 5.28. The molecule has 3 fully saturated rings. The first-order chi connectivity index (χ1) is 3.37. The van der Waals surface area contributed by atoms with Crippen LogP contribution in [0.15, 0.2) is 0 Å². The van der Waals surface area contributed by atoms with E-state index >= 15 is 0 Å². The summed E-state index contributed by atoms with van der Waals surface area (Å²) in [7, 11) is 0. The molecule has 1 saturated heterocycles. The van der Waals surface area contributed by atoms with Gasteiger partial charge in [0.15, 0.2) is 0 Å². The second-order valence-electron chi connectivity index (χ2n) is 3.24. The van der Waals surface area contributed by atoms with Crippen molar-refractivity contribution in [2.75, 3.05) is 6.61 Å². The van der Waals surface area contributed by atoms with Gasteiger partial charge in [-0.1, -0.05) is 0 Å². The first kappa shape index (κ1) is 3.08. The molecule has 1 heteroatoms. The fourth-order valence-electron chi connectivity index (χ4n) is 1.78. The zero-order chi connectivity index (χ0) is 4.54. The van der Waals surface area contributed by atoms with Crippen molar-refractivity contribution in [1.29, 1.82) is 0 Å². The molecule has 7 heavy (non-hydrogen) atoms. The number of hydrogen-bond acceptors (Lipinski definition) is 1. The monoisotopic (exact) mass is 96.1 g/mol. The van der Waals surface area contributed by atoms with Gasteiger partial charge in [0.1, 0.15) is 0 Å². The summed E-state index contributed by atoms with van der Waals surface area (Å²) in [5.41, 5.74) is 1.29. The molecule has 2 saturated carbocycles. The molecule has 1 atom stereocenters. The van der Waals surface area contributed by atoms with Gasteiger partial charge in [-0.3, -0.25) is 0 Å². The topological polar surface area (TPSA) is 12.5 Å². The lowest BCUT2D eigenvalue weighted by atomic mass is 10.3. The van der Waals surface area contributed by atoms with Gasteiger partial charge >= 0.3 is 0 Å². The Bertz CT molecular complexity index is 115. The molecule has 1 nitrogen and oxygen atoms in total.